The Hall–Kier alpha value is -0.710. The first-order valence-electron chi connectivity index (χ1n) is 7.30. The molecule has 110 valence electrons. The van der Waals surface area contributed by atoms with E-state index in [9.17, 15) is 18.7 Å². The van der Waals surface area contributed by atoms with Crippen LogP contribution >= 0.6 is 0 Å². The highest BCUT2D eigenvalue weighted by atomic mass is 19.3. The molecule has 2 N–H and O–H groups in total. The number of halogens is 2. The van der Waals surface area contributed by atoms with Crippen molar-refractivity contribution in [3.63, 3.8) is 0 Å². The van der Waals surface area contributed by atoms with Gasteiger partial charge in [-0.3, -0.25) is 4.79 Å². The van der Waals surface area contributed by atoms with E-state index in [0.717, 1.165) is 25.7 Å². The maximum Gasteiger partial charge on any atom is 0.248 e. The second-order valence-electron chi connectivity index (χ2n) is 6.05. The Balaban J connectivity index is 1.67. The minimum Gasteiger partial charge on any atom is -0.393 e. The number of hydrogen-bond donors (Lipinski definition) is 2. The maximum atomic E-state index is 13.0. The number of carbonyl (C=O) groups excluding carboxylic acids is 1. The lowest BCUT2D eigenvalue weighted by atomic mass is 9.85. The van der Waals surface area contributed by atoms with Crippen molar-refractivity contribution in [2.75, 3.05) is 6.54 Å². The van der Waals surface area contributed by atoms with Crippen LogP contribution in [0.3, 0.4) is 0 Å². The Labute approximate surface area is 112 Å². The van der Waals surface area contributed by atoms with E-state index in [1.807, 2.05) is 0 Å². The zero-order chi connectivity index (χ0) is 13.9. The monoisotopic (exact) mass is 275 g/mol. The summed E-state index contributed by atoms with van der Waals surface area (Å²) in [5.41, 5.74) is 0. The summed E-state index contributed by atoms with van der Waals surface area (Å²) in [4.78, 5) is 11.9. The molecule has 0 unspecified atom stereocenters. The Morgan fingerprint density at radius 3 is 2.26 bits per heavy atom. The molecule has 0 aromatic carbocycles. The molecule has 0 bridgehead atoms. The lowest BCUT2D eigenvalue weighted by Crippen LogP contribution is -2.38. The number of amides is 1. The van der Waals surface area contributed by atoms with Crippen LogP contribution in [0.25, 0.3) is 0 Å². The van der Waals surface area contributed by atoms with Gasteiger partial charge in [0.05, 0.1) is 6.10 Å². The molecule has 0 aromatic rings. The number of alkyl halides is 2. The third-order valence-electron chi connectivity index (χ3n) is 4.47. The molecule has 2 aliphatic carbocycles. The molecule has 2 saturated carbocycles. The highest BCUT2D eigenvalue weighted by molar-refractivity contribution is 5.78. The van der Waals surface area contributed by atoms with Crippen LogP contribution in [0.5, 0.6) is 0 Å². The average molecular weight is 275 g/mol. The van der Waals surface area contributed by atoms with E-state index in [-0.39, 0.29) is 30.8 Å². The molecule has 0 heterocycles. The van der Waals surface area contributed by atoms with Crippen molar-refractivity contribution in [3.8, 4) is 0 Å². The largest absolute Gasteiger partial charge is 0.393 e. The van der Waals surface area contributed by atoms with E-state index in [1.165, 1.54) is 0 Å². The molecule has 2 rings (SSSR count). The Morgan fingerprint density at radius 1 is 1.11 bits per heavy atom. The van der Waals surface area contributed by atoms with E-state index in [1.54, 1.807) is 0 Å². The number of hydrogen-bond acceptors (Lipinski definition) is 2. The molecule has 3 nitrogen and oxygen atoms in total. The first-order chi connectivity index (χ1) is 8.96. The molecular formula is C14H23F2NO2. The van der Waals surface area contributed by atoms with Crippen molar-refractivity contribution < 1.29 is 18.7 Å². The maximum absolute atomic E-state index is 13.0. The topological polar surface area (TPSA) is 49.3 Å². The Kier molecular flexibility index (Phi) is 4.76. The first-order valence-corrected chi connectivity index (χ1v) is 7.30. The van der Waals surface area contributed by atoms with E-state index >= 15 is 0 Å². The van der Waals surface area contributed by atoms with Gasteiger partial charge < -0.3 is 10.4 Å². The van der Waals surface area contributed by atoms with Gasteiger partial charge in [0.25, 0.3) is 0 Å². The number of aliphatic hydroxyl groups excluding tert-OH is 1. The quantitative estimate of drug-likeness (QED) is 0.831. The first kappa shape index (κ1) is 14.7. The molecule has 0 radical (unpaired) electrons. The lowest BCUT2D eigenvalue weighted by Gasteiger charge is -2.29. The summed E-state index contributed by atoms with van der Waals surface area (Å²) in [5, 5.41) is 12.3. The molecule has 5 heteroatoms. The molecule has 0 aliphatic heterocycles. The van der Waals surface area contributed by atoms with Gasteiger partial charge >= 0.3 is 0 Å². The lowest BCUT2D eigenvalue weighted by molar-refractivity contribution is -0.129. The Bertz CT molecular complexity index is 305. The standard InChI is InChI=1S/C14H23F2NO2/c15-14(16)7-5-11(6-8-14)13(19)17-9-10-1-3-12(18)4-2-10/h10-12,18H,1-9H2,(H,17,19). The van der Waals surface area contributed by atoms with E-state index < -0.39 is 5.92 Å². The normalized spacial score (nSPS) is 31.9. The second kappa shape index (κ2) is 6.16. The van der Waals surface area contributed by atoms with Crippen LogP contribution in [-0.2, 0) is 4.79 Å². The van der Waals surface area contributed by atoms with Crippen molar-refractivity contribution in [1.29, 1.82) is 0 Å². The van der Waals surface area contributed by atoms with E-state index in [2.05, 4.69) is 5.32 Å². The Morgan fingerprint density at radius 2 is 1.68 bits per heavy atom. The third-order valence-corrected chi connectivity index (χ3v) is 4.47. The van der Waals surface area contributed by atoms with E-state index in [0.29, 0.717) is 25.3 Å². The van der Waals surface area contributed by atoms with Gasteiger partial charge in [-0.25, -0.2) is 8.78 Å². The summed E-state index contributed by atoms with van der Waals surface area (Å²) in [6, 6.07) is 0. The van der Waals surface area contributed by atoms with E-state index in [4.69, 9.17) is 0 Å². The average Bonchev–Trinajstić information content (AvgIpc) is 2.37. The fraction of sp³-hybridized carbons (Fsp3) is 0.929. The molecule has 2 aliphatic rings. The highest BCUT2D eigenvalue weighted by Gasteiger charge is 2.37. The summed E-state index contributed by atoms with van der Waals surface area (Å²) in [5.74, 6) is -2.45. The van der Waals surface area contributed by atoms with Gasteiger partial charge in [0, 0.05) is 25.3 Å². The van der Waals surface area contributed by atoms with Gasteiger partial charge in [-0.05, 0) is 44.4 Å². The summed E-state index contributed by atoms with van der Waals surface area (Å²) in [6.07, 6.45) is 3.54. The molecule has 0 atom stereocenters. The van der Waals surface area contributed by atoms with Crippen molar-refractivity contribution in [2.45, 2.75) is 63.4 Å². The highest BCUT2D eigenvalue weighted by Crippen LogP contribution is 2.36. The zero-order valence-corrected chi connectivity index (χ0v) is 11.2. The molecular weight excluding hydrogens is 252 g/mol. The van der Waals surface area contributed by atoms with Gasteiger partial charge in [-0.2, -0.15) is 0 Å². The van der Waals surface area contributed by atoms with Crippen LogP contribution in [0, 0.1) is 11.8 Å². The molecule has 2 fully saturated rings. The number of rotatable bonds is 3. The van der Waals surface area contributed by atoms with Crippen molar-refractivity contribution in [2.24, 2.45) is 11.8 Å². The van der Waals surface area contributed by atoms with Crippen molar-refractivity contribution in [3.05, 3.63) is 0 Å². The van der Waals surface area contributed by atoms with Crippen LogP contribution in [0.2, 0.25) is 0 Å². The predicted octanol–water partition coefficient (Wildman–Crippen LogP) is 2.48. The molecule has 0 saturated heterocycles. The molecule has 19 heavy (non-hydrogen) atoms. The minimum absolute atomic E-state index is 0.0679. The van der Waals surface area contributed by atoms with Gasteiger partial charge in [0.1, 0.15) is 0 Å². The van der Waals surface area contributed by atoms with Crippen molar-refractivity contribution in [1.82, 2.24) is 5.32 Å². The van der Waals surface area contributed by atoms with Crippen LogP contribution < -0.4 is 5.32 Å². The molecule has 1 amide bonds. The number of nitrogens with one attached hydrogen (secondary N) is 1. The summed E-state index contributed by atoms with van der Waals surface area (Å²) in [7, 11) is 0. The van der Waals surface area contributed by atoms with Crippen molar-refractivity contribution >= 4 is 5.91 Å². The molecule has 0 aromatic heterocycles. The third kappa shape index (κ3) is 4.41. The summed E-state index contributed by atoms with van der Waals surface area (Å²) >= 11 is 0. The van der Waals surface area contributed by atoms with Crippen LogP contribution in [0.1, 0.15) is 51.4 Å². The van der Waals surface area contributed by atoms with Crippen LogP contribution in [0.4, 0.5) is 8.78 Å². The fourth-order valence-electron chi connectivity index (χ4n) is 3.04. The predicted molar refractivity (Wildman–Crippen MR) is 67.9 cm³/mol. The number of carbonyl (C=O) groups is 1. The smallest absolute Gasteiger partial charge is 0.248 e. The molecule has 0 spiro atoms. The van der Waals surface area contributed by atoms with Crippen LogP contribution in [0.15, 0.2) is 0 Å². The fourth-order valence-corrected chi connectivity index (χ4v) is 3.04. The van der Waals surface area contributed by atoms with Gasteiger partial charge in [-0.15, -0.1) is 0 Å². The zero-order valence-electron chi connectivity index (χ0n) is 11.2. The number of aliphatic hydroxyl groups is 1. The minimum atomic E-state index is -2.57. The SMILES string of the molecule is O=C(NCC1CCC(O)CC1)C1CCC(F)(F)CC1. The van der Waals surface area contributed by atoms with Gasteiger partial charge in [0.2, 0.25) is 11.8 Å². The van der Waals surface area contributed by atoms with Gasteiger partial charge in [-0.1, -0.05) is 0 Å². The summed E-state index contributed by atoms with van der Waals surface area (Å²) in [6.45, 7) is 0.623. The van der Waals surface area contributed by atoms with Crippen LogP contribution in [-0.4, -0.2) is 29.6 Å². The second-order valence-corrected chi connectivity index (χ2v) is 6.05. The van der Waals surface area contributed by atoms with Gasteiger partial charge in [0.15, 0.2) is 0 Å². The summed E-state index contributed by atoms with van der Waals surface area (Å²) < 4.78 is 26.0.